The van der Waals surface area contributed by atoms with E-state index in [1.807, 2.05) is 0 Å². The van der Waals surface area contributed by atoms with Gasteiger partial charge in [0.15, 0.2) is 11.9 Å². The van der Waals surface area contributed by atoms with Crippen LogP contribution < -0.4 is 4.74 Å². The number of alkyl halides is 4. The Labute approximate surface area is 144 Å². The van der Waals surface area contributed by atoms with E-state index in [1.54, 1.807) is 12.1 Å². The Kier molecular flexibility index (Phi) is 4.78. The molecule has 0 N–H and O–H groups in total. The zero-order chi connectivity index (χ0) is 18.7. The van der Waals surface area contributed by atoms with Crippen LogP contribution in [0.15, 0.2) is 35.1 Å². The third-order valence-corrected chi connectivity index (χ3v) is 3.15. The Morgan fingerprint density at radius 3 is 2.58 bits per heavy atom. The molecule has 1 unspecified atom stereocenters. The predicted octanol–water partition coefficient (Wildman–Crippen LogP) is 3.55. The summed E-state index contributed by atoms with van der Waals surface area (Å²) in [6, 6.07) is 3.85. The van der Waals surface area contributed by atoms with Gasteiger partial charge in [-0.05, 0) is 19.1 Å². The molecule has 0 aromatic carbocycles. The van der Waals surface area contributed by atoms with Gasteiger partial charge in [0.2, 0.25) is 11.8 Å². The van der Waals surface area contributed by atoms with Crippen LogP contribution in [0.2, 0.25) is 0 Å². The molecule has 3 heterocycles. The van der Waals surface area contributed by atoms with Crippen LogP contribution in [-0.2, 0) is 12.8 Å². The molecule has 3 aromatic rings. The third-order valence-electron chi connectivity index (χ3n) is 3.15. The molecule has 0 aliphatic rings. The highest BCUT2D eigenvalue weighted by atomic mass is 19.4. The Balaban J connectivity index is 1.66. The number of rotatable bonds is 5. The number of halogens is 4. The van der Waals surface area contributed by atoms with Crippen molar-refractivity contribution in [1.82, 2.24) is 25.1 Å². The highest BCUT2D eigenvalue weighted by Gasteiger charge is 2.33. The van der Waals surface area contributed by atoms with Crippen LogP contribution in [-0.4, -0.2) is 25.1 Å². The zero-order valence-corrected chi connectivity index (χ0v) is 13.2. The van der Waals surface area contributed by atoms with Gasteiger partial charge in [-0.2, -0.15) is 13.2 Å². The first-order valence-corrected chi connectivity index (χ1v) is 7.28. The summed E-state index contributed by atoms with van der Waals surface area (Å²) in [5, 5.41) is 7.28. The molecule has 0 aliphatic heterocycles. The minimum Gasteiger partial charge on any atom is -0.471 e. The van der Waals surface area contributed by atoms with Gasteiger partial charge in [-0.3, -0.25) is 4.98 Å². The van der Waals surface area contributed by atoms with Crippen molar-refractivity contribution in [3.8, 4) is 17.3 Å². The molecule has 136 valence electrons. The normalized spacial score (nSPS) is 12.8. The Morgan fingerprint density at radius 2 is 1.96 bits per heavy atom. The van der Waals surface area contributed by atoms with Crippen LogP contribution in [0.5, 0.6) is 5.88 Å². The number of hydrogen-bond acceptors (Lipinski definition) is 7. The summed E-state index contributed by atoms with van der Waals surface area (Å²) in [7, 11) is 0. The lowest BCUT2D eigenvalue weighted by Crippen LogP contribution is -2.09. The van der Waals surface area contributed by atoms with E-state index in [0.29, 0.717) is 17.3 Å². The van der Waals surface area contributed by atoms with Gasteiger partial charge >= 0.3 is 6.18 Å². The standard InChI is InChI=1S/C15H11F4N5O2/c1-8(16)13-23-24-14(26-13)9-2-3-10(20-5-9)6-25-12-4-11(15(17,18)19)21-7-22-12/h2-5,7-8H,6H2,1H3. The second-order valence-corrected chi connectivity index (χ2v) is 5.13. The molecule has 0 aliphatic carbocycles. The van der Waals surface area contributed by atoms with Gasteiger partial charge in [0, 0.05) is 12.3 Å². The minimum atomic E-state index is -4.58. The largest absolute Gasteiger partial charge is 0.471 e. The van der Waals surface area contributed by atoms with Gasteiger partial charge in [0.25, 0.3) is 5.89 Å². The van der Waals surface area contributed by atoms with E-state index >= 15 is 0 Å². The van der Waals surface area contributed by atoms with Crippen molar-refractivity contribution in [2.45, 2.75) is 25.9 Å². The molecule has 1 atom stereocenters. The first-order chi connectivity index (χ1) is 12.3. The summed E-state index contributed by atoms with van der Waals surface area (Å²) in [4.78, 5) is 10.8. The first-order valence-electron chi connectivity index (χ1n) is 7.28. The van der Waals surface area contributed by atoms with Crippen molar-refractivity contribution in [2.24, 2.45) is 0 Å². The van der Waals surface area contributed by atoms with Crippen LogP contribution >= 0.6 is 0 Å². The Hall–Kier alpha value is -3.11. The molecule has 7 nitrogen and oxygen atoms in total. The molecular weight excluding hydrogens is 358 g/mol. The van der Waals surface area contributed by atoms with Gasteiger partial charge in [0.05, 0.1) is 11.3 Å². The van der Waals surface area contributed by atoms with Crippen LogP contribution in [0.3, 0.4) is 0 Å². The van der Waals surface area contributed by atoms with Crippen molar-refractivity contribution in [3.05, 3.63) is 48.0 Å². The molecule has 0 radical (unpaired) electrons. The van der Waals surface area contributed by atoms with Crippen LogP contribution in [0.25, 0.3) is 11.5 Å². The second kappa shape index (κ2) is 7.02. The van der Waals surface area contributed by atoms with E-state index < -0.39 is 18.0 Å². The molecule has 0 amide bonds. The number of nitrogens with zero attached hydrogens (tertiary/aromatic N) is 5. The topological polar surface area (TPSA) is 86.8 Å². The van der Waals surface area contributed by atoms with Gasteiger partial charge in [-0.15, -0.1) is 10.2 Å². The third kappa shape index (κ3) is 4.10. The highest BCUT2D eigenvalue weighted by molar-refractivity contribution is 5.50. The van der Waals surface area contributed by atoms with Crippen molar-refractivity contribution in [3.63, 3.8) is 0 Å². The van der Waals surface area contributed by atoms with Gasteiger partial charge in [-0.25, -0.2) is 14.4 Å². The van der Waals surface area contributed by atoms with Gasteiger partial charge in [-0.1, -0.05) is 0 Å². The molecule has 0 saturated carbocycles. The Morgan fingerprint density at radius 1 is 1.15 bits per heavy atom. The summed E-state index contributed by atoms with van der Waals surface area (Å²) in [5.41, 5.74) is -0.200. The van der Waals surface area contributed by atoms with Crippen molar-refractivity contribution >= 4 is 0 Å². The SMILES string of the molecule is CC(F)c1nnc(-c2ccc(COc3cc(C(F)(F)F)ncn3)nc2)o1. The fourth-order valence-electron chi connectivity index (χ4n) is 1.87. The first kappa shape index (κ1) is 17.7. The van der Waals surface area contributed by atoms with Crippen molar-refractivity contribution < 1.29 is 26.7 Å². The second-order valence-electron chi connectivity index (χ2n) is 5.13. The van der Waals surface area contributed by atoms with E-state index in [9.17, 15) is 17.6 Å². The monoisotopic (exact) mass is 369 g/mol. The Bertz CT molecular complexity index is 880. The fraction of sp³-hybridized carbons (Fsp3) is 0.267. The van der Waals surface area contributed by atoms with E-state index in [1.165, 1.54) is 13.1 Å². The molecule has 3 rings (SSSR count). The summed E-state index contributed by atoms with van der Waals surface area (Å²) >= 11 is 0. The van der Waals surface area contributed by atoms with Crippen LogP contribution in [0.4, 0.5) is 17.6 Å². The summed E-state index contributed by atoms with van der Waals surface area (Å²) < 4.78 is 61.2. The number of pyridine rings is 1. The quantitative estimate of drug-likeness (QED) is 0.636. The summed E-state index contributed by atoms with van der Waals surface area (Å²) in [5.74, 6) is -0.261. The number of hydrogen-bond donors (Lipinski definition) is 0. The molecule has 11 heteroatoms. The molecule has 0 saturated heterocycles. The maximum Gasteiger partial charge on any atom is 0.433 e. The average molecular weight is 369 g/mol. The molecule has 0 bridgehead atoms. The van der Waals surface area contributed by atoms with Gasteiger partial charge < -0.3 is 9.15 Å². The molecular formula is C15H11F4N5O2. The number of aromatic nitrogens is 5. The average Bonchev–Trinajstić information content (AvgIpc) is 3.10. The van der Waals surface area contributed by atoms with Gasteiger partial charge in [0.1, 0.15) is 12.9 Å². The maximum atomic E-state index is 13.1. The summed E-state index contributed by atoms with van der Waals surface area (Å²) in [6.45, 7) is 1.17. The van der Waals surface area contributed by atoms with E-state index in [2.05, 4.69) is 25.1 Å². The maximum absolute atomic E-state index is 13.1. The zero-order valence-electron chi connectivity index (χ0n) is 13.2. The molecule has 26 heavy (non-hydrogen) atoms. The fourth-order valence-corrected chi connectivity index (χ4v) is 1.87. The van der Waals surface area contributed by atoms with E-state index in [-0.39, 0.29) is 24.3 Å². The lowest BCUT2D eigenvalue weighted by atomic mass is 10.2. The van der Waals surface area contributed by atoms with Crippen molar-refractivity contribution in [2.75, 3.05) is 0 Å². The molecule has 0 spiro atoms. The van der Waals surface area contributed by atoms with Crippen LogP contribution in [0.1, 0.15) is 30.4 Å². The predicted molar refractivity (Wildman–Crippen MR) is 78.4 cm³/mol. The highest BCUT2D eigenvalue weighted by Crippen LogP contribution is 2.28. The van der Waals surface area contributed by atoms with E-state index in [4.69, 9.17) is 9.15 Å². The van der Waals surface area contributed by atoms with Crippen LogP contribution in [0, 0.1) is 0 Å². The van der Waals surface area contributed by atoms with E-state index in [0.717, 1.165) is 6.33 Å². The lowest BCUT2D eigenvalue weighted by molar-refractivity contribution is -0.141. The lowest BCUT2D eigenvalue weighted by Gasteiger charge is -2.08. The summed E-state index contributed by atoms with van der Waals surface area (Å²) in [6.07, 6.45) is -3.79. The smallest absolute Gasteiger partial charge is 0.433 e. The molecule has 3 aromatic heterocycles. The minimum absolute atomic E-state index is 0.106. The van der Waals surface area contributed by atoms with Crippen molar-refractivity contribution in [1.29, 1.82) is 0 Å². The number of ether oxygens (including phenoxy) is 1. The molecule has 0 fully saturated rings.